The third-order valence-corrected chi connectivity index (χ3v) is 4.37. The van der Waals surface area contributed by atoms with Crippen molar-refractivity contribution >= 4 is 45.7 Å². The van der Waals surface area contributed by atoms with Crippen molar-refractivity contribution in [3.8, 4) is 5.75 Å². The molecule has 0 spiro atoms. The lowest BCUT2D eigenvalue weighted by Crippen LogP contribution is -2.43. The molecule has 0 radical (unpaired) electrons. The van der Waals surface area contributed by atoms with E-state index in [-0.39, 0.29) is 18.3 Å². The van der Waals surface area contributed by atoms with E-state index >= 15 is 0 Å². The monoisotopic (exact) mass is 426 g/mol. The summed E-state index contributed by atoms with van der Waals surface area (Å²) in [7, 11) is 1.54. The van der Waals surface area contributed by atoms with E-state index in [4.69, 9.17) is 4.74 Å². The number of piperazine rings is 1. The standard InChI is InChI=1S/C17H19BrN4O2.ClH/c1-24-15-10-12(18)2-4-14(15)17(23)21-16-5-3-13(11-20-16)22-8-6-19-7-9-22;/h2-5,10-11,19H,6-9H2,1H3,(H,20,21,23);1H. The molecule has 0 aliphatic carbocycles. The van der Waals surface area contributed by atoms with Gasteiger partial charge in [0, 0.05) is 30.7 Å². The molecule has 2 N–H and O–H groups in total. The summed E-state index contributed by atoms with van der Waals surface area (Å²) in [4.78, 5) is 19.0. The fourth-order valence-corrected chi connectivity index (χ4v) is 2.95. The molecule has 1 aromatic heterocycles. The van der Waals surface area contributed by atoms with Crippen molar-refractivity contribution in [1.82, 2.24) is 10.3 Å². The van der Waals surface area contributed by atoms with Crippen molar-refractivity contribution in [1.29, 1.82) is 0 Å². The number of carbonyl (C=O) groups is 1. The average molecular weight is 428 g/mol. The van der Waals surface area contributed by atoms with Crippen LogP contribution >= 0.6 is 28.3 Å². The lowest BCUT2D eigenvalue weighted by atomic mass is 10.2. The van der Waals surface area contributed by atoms with E-state index in [1.54, 1.807) is 31.5 Å². The van der Waals surface area contributed by atoms with Crippen LogP contribution in [0.4, 0.5) is 11.5 Å². The number of anilines is 2. The third kappa shape index (κ3) is 4.84. The van der Waals surface area contributed by atoms with Crippen LogP contribution in [0, 0.1) is 0 Å². The van der Waals surface area contributed by atoms with Crippen LogP contribution in [0.3, 0.4) is 0 Å². The van der Waals surface area contributed by atoms with Gasteiger partial charge in [0.2, 0.25) is 0 Å². The molecule has 25 heavy (non-hydrogen) atoms. The molecular weight excluding hydrogens is 408 g/mol. The van der Waals surface area contributed by atoms with Crippen LogP contribution in [-0.4, -0.2) is 44.2 Å². The molecule has 6 nitrogen and oxygen atoms in total. The highest BCUT2D eigenvalue weighted by molar-refractivity contribution is 9.10. The summed E-state index contributed by atoms with van der Waals surface area (Å²) in [5.41, 5.74) is 1.53. The number of carbonyl (C=O) groups excluding carboxylic acids is 1. The molecule has 134 valence electrons. The summed E-state index contributed by atoms with van der Waals surface area (Å²) in [6.45, 7) is 3.87. The topological polar surface area (TPSA) is 66.5 Å². The zero-order valence-electron chi connectivity index (χ0n) is 13.8. The first kappa shape index (κ1) is 19.5. The number of pyridine rings is 1. The third-order valence-electron chi connectivity index (χ3n) is 3.88. The van der Waals surface area contributed by atoms with Crippen LogP contribution in [-0.2, 0) is 0 Å². The first-order valence-electron chi connectivity index (χ1n) is 7.74. The summed E-state index contributed by atoms with van der Waals surface area (Å²) >= 11 is 3.37. The number of benzene rings is 1. The second kappa shape index (κ2) is 9.03. The first-order chi connectivity index (χ1) is 11.7. The summed E-state index contributed by atoms with van der Waals surface area (Å²) in [6, 6.07) is 9.08. The Kier molecular flexibility index (Phi) is 7.04. The summed E-state index contributed by atoms with van der Waals surface area (Å²) in [6.07, 6.45) is 1.79. The van der Waals surface area contributed by atoms with Crippen LogP contribution in [0.5, 0.6) is 5.75 Å². The highest BCUT2D eigenvalue weighted by Gasteiger charge is 2.14. The highest BCUT2D eigenvalue weighted by atomic mass is 79.9. The van der Waals surface area contributed by atoms with E-state index in [2.05, 4.69) is 36.4 Å². The van der Waals surface area contributed by atoms with E-state index < -0.39 is 0 Å². The molecule has 8 heteroatoms. The predicted octanol–water partition coefficient (Wildman–Crippen LogP) is 2.94. The van der Waals surface area contributed by atoms with Crippen molar-refractivity contribution < 1.29 is 9.53 Å². The quantitative estimate of drug-likeness (QED) is 0.785. The average Bonchev–Trinajstić information content (AvgIpc) is 2.63. The van der Waals surface area contributed by atoms with Crippen molar-refractivity contribution in [3.63, 3.8) is 0 Å². The maximum Gasteiger partial charge on any atom is 0.260 e. The van der Waals surface area contributed by atoms with Crippen molar-refractivity contribution in [2.75, 3.05) is 43.5 Å². The normalized spacial score (nSPS) is 13.8. The van der Waals surface area contributed by atoms with E-state index in [1.165, 1.54) is 0 Å². The smallest absolute Gasteiger partial charge is 0.260 e. The molecule has 1 aromatic carbocycles. The Morgan fingerprint density at radius 1 is 1.28 bits per heavy atom. The van der Waals surface area contributed by atoms with Crippen LogP contribution in [0.15, 0.2) is 41.0 Å². The molecule has 0 unspecified atom stereocenters. The molecule has 3 rings (SSSR count). The molecule has 1 fully saturated rings. The van der Waals surface area contributed by atoms with Gasteiger partial charge in [-0.05, 0) is 30.3 Å². The number of nitrogens with one attached hydrogen (secondary N) is 2. The van der Waals surface area contributed by atoms with Gasteiger partial charge in [0.05, 0.1) is 24.6 Å². The van der Waals surface area contributed by atoms with E-state index in [0.29, 0.717) is 17.1 Å². The van der Waals surface area contributed by atoms with Gasteiger partial charge in [-0.3, -0.25) is 4.79 Å². The van der Waals surface area contributed by atoms with Gasteiger partial charge in [0.1, 0.15) is 11.6 Å². The van der Waals surface area contributed by atoms with Crippen molar-refractivity contribution in [2.45, 2.75) is 0 Å². The van der Waals surface area contributed by atoms with Gasteiger partial charge in [0.15, 0.2) is 0 Å². The zero-order valence-corrected chi connectivity index (χ0v) is 16.2. The minimum Gasteiger partial charge on any atom is -0.496 e. The molecule has 1 aliphatic rings. The summed E-state index contributed by atoms with van der Waals surface area (Å²) < 4.78 is 6.12. The number of rotatable bonds is 4. The van der Waals surface area contributed by atoms with Gasteiger partial charge in [-0.15, -0.1) is 12.4 Å². The summed E-state index contributed by atoms with van der Waals surface area (Å²) in [5, 5.41) is 6.13. The summed E-state index contributed by atoms with van der Waals surface area (Å²) in [5.74, 6) is 0.782. The number of hydrogen-bond donors (Lipinski definition) is 2. The number of hydrogen-bond acceptors (Lipinski definition) is 5. The van der Waals surface area contributed by atoms with Gasteiger partial charge in [-0.25, -0.2) is 4.98 Å². The van der Waals surface area contributed by atoms with Gasteiger partial charge < -0.3 is 20.3 Å². The number of aromatic nitrogens is 1. The second-order valence-corrected chi connectivity index (χ2v) is 6.35. The maximum atomic E-state index is 12.4. The van der Waals surface area contributed by atoms with Crippen LogP contribution in [0.25, 0.3) is 0 Å². The molecule has 0 atom stereocenters. The van der Waals surface area contributed by atoms with E-state index in [1.807, 2.05) is 12.1 Å². The van der Waals surface area contributed by atoms with Gasteiger partial charge in [-0.2, -0.15) is 0 Å². The Balaban J connectivity index is 0.00000225. The predicted molar refractivity (Wildman–Crippen MR) is 105 cm³/mol. The number of amides is 1. The Hall–Kier alpha value is -1.83. The van der Waals surface area contributed by atoms with Crippen LogP contribution < -0.4 is 20.3 Å². The molecule has 2 heterocycles. The van der Waals surface area contributed by atoms with Gasteiger partial charge in [-0.1, -0.05) is 15.9 Å². The maximum absolute atomic E-state index is 12.4. The largest absolute Gasteiger partial charge is 0.496 e. The molecule has 0 bridgehead atoms. The number of nitrogens with zero attached hydrogens (tertiary/aromatic N) is 2. The molecule has 1 aliphatic heterocycles. The molecule has 0 saturated carbocycles. The molecule has 2 aromatic rings. The van der Waals surface area contributed by atoms with E-state index in [0.717, 1.165) is 36.3 Å². The van der Waals surface area contributed by atoms with Gasteiger partial charge >= 0.3 is 0 Å². The van der Waals surface area contributed by atoms with Crippen LogP contribution in [0.1, 0.15) is 10.4 Å². The lowest BCUT2D eigenvalue weighted by Gasteiger charge is -2.29. The Bertz CT molecular complexity index is 721. The Labute approximate surface area is 161 Å². The zero-order chi connectivity index (χ0) is 16.9. The Morgan fingerprint density at radius 2 is 2.04 bits per heavy atom. The lowest BCUT2D eigenvalue weighted by molar-refractivity contribution is 0.102. The van der Waals surface area contributed by atoms with Crippen molar-refractivity contribution in [3.05, 3.63) is 46.6 Å². The first-order valence-corrected chi connectivity index (χ1v) is 8.53. The number of halogens is 2. The van der Waals surface area contributed by atoms with Crippen LogP contribution in [0.2, 0.25) is 0 Å². The number of ether oxygens (including phenoxy) is 1. The number of methoxy groups -OCH3 is 1. The fourth-order valence-electron chi connectivity index (χ4n) is 2.61. The second-order valence-electron chi connectivity index (χ2n) is 5.44. The Morgan fingerprint density at radius 3 is 2.68 bits per heavy atom. The SMILES string of the molecule is COc1cc(Br)ccc1C(=O)Nc1ccc(N2CCNCC2)cn1.Cl. The van der Waals surface area contributed by atoms with E-state index in [9.17, 15) is 4.79 Å². The fraction of sp³-hybridized carbons (Fsp3) is 0.294. The highest BCUT2D eigenvalue weighted by Crippen LogP contribution is 2.24. The van der Waals surface area contributed by atoms with Crippen molar-refractivity contribution in [2.24, 2.45) is 0 Å². The van der Waals surface area contributed by atoms with Gasteiger partial charge in [0.25, 0.3) is 5.91 Å². The molecule has 1 amide bonds. The minimum atomic E-state index is -0.248. The minimum absolute atomic E-state index is 0. The molecular formula is C17H20BrClN4O2. The molecule has 1 saturated heterocycles.